The van der Waals surface area contributed by atoms with Gasteiger partial charge in [-0.15, -0.1) is 0 Å². The summed E-state index contributed by atoms with van der Waals surface area (Å²) in [5.41, 5.74) is 0.972. The van der Waals surface area contributed by atoms with Crippen LogP contribution in [0.4, 0.5) is 0 Å². The molecule has 3 aliphatic rings. The predicted molar refractivity (Wildman–Crippen MR) is 40.2 cm³/mol. The molecule has 0 nitrogen and oxygen atoms in total. The molecular weight excluding hydrogens is 107 g/mol. The highest BCUT2D eigenvalue weighted by Crippen LogP contribution is 2.79. The van der Waals surface area contributed by atoms with E-state index < -0.39 is 0 Å². The third-order valence-electron chi connectivity index (χ3n) is 4.23. The van der Waals surface area contributed by atoms with Gasteiger partial charge in [-0.1, -0.05) is 18.7 Å². The van der Waals surface area contributed by atoms with Crippen molar-refractivity contribution in [2.75, 3.05) is 0 Å². The van der Waals surface area contributed by atoms with Gasteiger partial charge in [0.15, 0.2) is 0 Å². The van der Waals surface area contributed by atoms with Gasteiger partial charge in [0.05, 0.1) is 0 Å². The second-order valence-electron chi connectivity index (χ2n) is 4.50. The van der Waals surface area contributed by atoms with E-state index in [0.29, 0.717) is 0 Å². The van der Waals surface area contributed by atoms with Crippen LogP contribution in [-0.4, -0.2) is 7.85 Å². The second kappa shape index (κ2) is 1.11. The fourth-order valence-corrected chi connectivity index (χ4v) is 3.75. The molecule has 0 bridgehead atoms. The molecule has 9 heavy (non-hydrogen) atoms. The molecular formula is C8H13B. The molecule has 3 aliphatic carbocycles. The zero-order valence-electron chi connectivity index (χ0n) is 6.06. The van der Waals surface area contributed by atoms with Crippen LogP contribution in [0, 0.1) is 17.3 Å². The molecule has 0 aromatic rings. The zero-order valence-corrected chi connectivity index (χ0v) is 6.06. The number of hydrogen-bond acceptors (Lipinski definition) is 0. The van der Waals surface area contributed by atoms with Gasteiger partial charge in [-0.2, -0.15) is 0 Å². The Labute approximate surface area is 57.4 Å². The third-order valence-corrected chi connectivity index (χ3v) is 4.23. The Morgan fingerprint density at radius 1 is 1.22 bits per heavy atom. The molecule has 0 aromatic carbocycles. The molecule has 1 spiro atoms. The maximum Gasteiger partial charge on any atom is 0.105 e. The monoisotopic (exact) mass is 120 g/mol. The van der Waals surface area contributed by atoms with Crippen molar-refractivity contribution in [2.45, 2.75) is 31.5 Å². The first-order valence-corrected chi connectivity index (χ1v) is 4.33. The molecule has 4 unspecified atom stereocenters. The Balaban J connectivity index is 1.94. The van der Waals surface area contributed by atoms with Crippen molar-refractivity contribution in [3.05, 3.63) is 0 Å². The van der Waals surface area contributed by atoms with E-state index in [-0.39, 0.29) is 0 Å². The molecule has 1 heteroatoms. The summed E-state index contributed by atoms with van der Waals surface area (Å²) in [7, 11) is 2.44. The molecule has 48 valence electrons. The second-order valence-corrected chi connectivity index (χ2v) is 4.50. The lowest BCUT2D eigenvalue weighted by molar-refractivity contribution is 0.167. The topological polar surface area (TPSA) is 0 Å². The van der Waals surface area contributed by atoms with Crippen LogP contribution in [0.15, 0.2) is 0 Å². The minimum atomic E-state index is 0.972. The molecule has 3 rings (SSSR count). The Morgan fingerprint density at radius 3 is 2.56 bits per heavy atom. The summed E-state index contributed by atoms with van der Waals surface area (Å²) in [6, 6.07) is 0. The summed E-state index contributed by atoms with van der Waals surface area (Å²) in [5, 5.41) is 0. The Bertz CT molecular complexity index is 164. The zero-order chi connectivity index (χ0) is 6.06. The lowest BCUT2D eigenvalue weighted by Crippen LogP contribution is -2.32. The number of rotatable bonds is 0. The summed E-state index contributed by atoms with van der Waals surface area (Å²) in [4.78, 5) is 0. The summed E-state index contributed by atoms with van der Waals surface area (Å²) < 4.78 is 0. The summed E-state index contributed by atoms with van der Waals surface area (Å²) >= 11 is 0. The van der Waals surface area contributed by atoms with Crippen LogP contribution in [0.1, 0.15) is 25.7 Å². The number of hydrogen-bond donors (Lipinski definition) is 0. The molecule has 4 atom stereocenters. The normalized spacial score (nSPS) is 68.2. The van der Waals surface area contributed by atoms with Gasteiger partial charge >= 0.3 is 0 Å². The van der Waals surface area contributed by atoms with E-state index in [1.54, 1.807) is 25.7 Å². The van der Waals surface area contributed by atoms with Crippen LogP contribution >= 0.6 is 0 Å². The fourth-order valence-electron chi connectivity index (χ4n) is 3.75. The average Bonchev–Trinajstić information content (AvgIpc) is 2.41. The largest absolute Gasteiger partial charge is 0.105 e. The molecule has 0 heterocycles. The maximum atomic E-state index is 2.44. The van der Waals surface area contributed by atoms with Crippen molar-refractivity contribution < 1.29 is 0 Å². The van der Waals surface area contributed by atoms with Crippen LogP contribution in [0.5, 0.6) is 0 Å². The fraction of sp³-hybridized carbons (Fsp3) is 1.00. The Morgan fingerprint density at radius 2 is 2.11 bits per heavy atom. The van der Waals surface area contributed by atoms with E-state index in [1.165, 1.54) is 11.8 Å². The molecule has 0 N–H and O–H groups in total. The van der Waals surface area contributed by atoms with E-state index >= 15 is 0 Å². The smallest absolute Gasteiger partial charge is 0.0659 e. The van der Waals surface area contributed by atoms with E-state index in [0.717, 1.165) is 11.2 Å². The highest BCUT2D eigenvalue weighted by atomic mass is 14.7. The summed E-state index contributed by atoms with van der Waals surface area (Å²) in [5.74, 6) is 3.48. The highest BCUT2D eigenvalue weighted by Gasteiger charge is 2.69. The van der Waals surface area contributed by atoms with Crippen molar-refractivity contribution in [3.8, 4) is 0 Å². The SMILES string of the molecule is BC1CC23CC2CCC13. The van der Waals surface area contributed by atoms with Crippen LogP contribution in [0.2, 0.25) is 5.82 Å². The van der Waals surface area contributed by atoms with Gasteiger partial charge in [-0.05, 0) is 30.1 Å². The molecule has 3 saturated carbocycles. The molecule has 0 amide bonds. The van der Waals surface area contributed by atoms with Crippen LogP contribution in [-0.2, 0) is 0 Å². The quantitative estimate of drug-likeness (QED) is 0.421. The molecule has 0 saturated heterocycles. The third kappa shape index (κ3) is 0.351. The van der Waals surface area contributed by atoms with Gasteiger partial charge in [0.1, 0.15) is 7.85 Å². The van der Waals surface area contributed by atoms with Gasteiger partial charge in [0.25, 0.3) is 0 Å². The van der Waals surface area contributed by atoms with Gasteiger partial charge in [-0.3, -0.25) is 0 Å². The van der Waals surface area contributed by atoms with Crippen LogP contribution in [0.25, 0.3) is 0 Å². The Hall–Kier alpha value is 0.0649. The standard InChI is InChI=1S/C8H13B/c9-7-4-8-3-5(8)1-2-6(7)8/h5-7H,1-4,9H2. The lowest BCUT2D eigenvalue weighted by atomic mass is 9.54. The van der Waals surface area contributed by atoms with Crippen LogP contribution in [0.3, 0.4) is 0 Å². The molecule has 0 aromatic heterocycles. The first-order chi connectivity index (χ1) is 4.33. The van der Waals surface area contributed by atoms with Crippen LogP contribution < -0.4 is 0 Å². The van der Waals surface area contributed by atoms with Crippen molar-refractivity contribution in [3.63, 3.8) is 0 Å². The molecule has 0 aliphatic heterocycles. The molecule has 0 radical (unpaired) electrons. The average molecular weight is 120 g/mol. The van der Waals surface area contributed by atoms with Gasteiger partial charge in [-0.25, -0.2) is 0 Å². The van der Waals surface area contributed by atoms with Crippen molar-refractivity contribution >= 4 is 7.85 Å². The molecule has 3 fully saturated rings. The minimum absolute atomic E-state index is 0.972. The van der Waals surface area contributed by atoms with Gasteiger partial charge in [0.2, 0.25) is 0 Å². The first-order valence-electron chi connectivity index (χ1n) is 4.33. The van der Waals surface area contributed by atoms with E-state index in [1.807, 2.05) is 0 Å². The van der Waals surface area contributed by atoms with Gasteiger partial charge in [0, 0.05) is 0 Å². The summed E-state index contributed by atoms with van der Waals surface area (Å²) in [6.07, 6.45) is 6.35. The summed E-state index contributed by atoms with van der Waals surface area (Å²) in [6.45, 7) is 0. The highest BCUT2D eigenvalue weighted by molar-refractivity contribution is 6.12. The van der Waals surface area contributed by atoms with Crippen molar-refractivity contribution in [1.29, 1.82) is 0 Å². The van der Waals surface area contributed by atoms with E-state index in [9.17, 15) is 0 Å². The van der Waals surface area contributed by atoms with Gasteiger partial charge < -0.3 is 0 Å². The van der Waals surface area contributed by atoms with Crippen molar-refractivity contribution in [1.82, 2.24) is 0 Å². The predicted octanol–water partition coefficient (Wildman–Crippen LogP) is 1.23. The Kier molecular flexibility index (Phi) is 0.593. The van der Waals surface area contributed by atoms with Crippen molar-refractivity contribution in [2.24, 2.45) is 17.3 Å². The van der Waals surface area contributed by atoms with E-state index in [4.69, 9.17) is 0 Å². The lowest BCUT2D eigenvalue weighted by Gasteiger charge is -2.42. The van der Waals surface area contributed by atoms with E-state index in [2.05, 4.69) is 7.85 Å². The first kappa shape index (κ1) is 4.82. The maximum absolute atomic E-state index is 2.44. The minimum Gasteiger partial charge on any atom is -0.0659 e.